The Morgan fingerprint density at radius 3 is 2.48 bits per heavy atom. The van der Waals surface area contributed by atoms with E-state index in [1.807, 2.05) is 0 Å². The highest BCUT2D eigenvalue weighted by Gasteiger charge is 2.38. The van der Waals surface area contributed by atoms with E-state index in [1.54, 1.807) is 11.4 Å². The maximum absolute atomic E-state index is 12.4. The van der Waals surface area contributed by atoms with E-state index in [4.69, 9.17) is 0 Å². The molecule has 1 N–H and O–H groups in total. The van der Waals surface area contributed by atoms with Crippen molar-refractivity contribution in [1.82, 2.24) is 10.4 Å². The van der Waals surface area contributed by atoms with E-state index in [1.165, 1.54) is 30.6 Å². The summed E-state index contributed by atoms with van der Waals surface area (Å²) in [7, 11) is 0. The fraction of sp³-hybridized carbons (Fsp3) is 0.143. The van der Waals surface area contributed by atoms with Crippen molar-refractivity contribution < 1.29 is 22.8 Å². The van der Waals surface area contributed by atoms with Crippen molar-refractivity contribution in [3.05, 3.63) is 52.5 Å². The maximum atomic E-state index is 12.4. The lowest BCUT2D eigenvalue weighted by Crippen LogP contribution is -2.27. The van der Waals surface area contributed by atoms with Crippen LogP contribution in [0.1, 0.15) is 21.7 Å². The van der Waals surface area contributed by atoms with Crippen LogP contribution in [0.5, 0.6) is 0 Å². The van der Waals surface area contributed by atoms with Crippen LogP contribution < -0.4 is 5.43 Å². The minimum atomic E-state index is -4.95. The Hall–Kier alpha value is -2.55. The van der Waals surface area contributed by atoms with Crippen molar-refractivity contribution in [2.45, 2.75) is 12.6 Å². The van der Waals surface area contributed by atoms with E-state index in [0.717, 1.165) is 11.3 Å². The lowest BCUT2D eigenvalue weighted by molar-refractivity contribution is -0.169. The first-order valence-electron chi connectivity index (χ1n) is 6.29. The number of ketones is 1. The third-order valence-electron chi connectivity index (χ3n) is 2.68. The maximum Gasteiger partial charge on any atom is 0.450 e. The topological polar surface area (TPSA) is 71.4 Å². The summed E-state index contributed by atoms with van der Waals surface area (Å²) in [6.45, 7) is 0. The number of pyridine rings is 1. The van der Waals surface area contributed by atoms with Gasteiger partial charge in [-0.3, -0.25) is 14.6 Å². The Bertz CT molecular complexity index is 713. The van der Waals surface area contributed by atoms with Crippen LogP contribution in [-0.2, 0) is 4.79 Å². The number of alkyl halides is 3. The number of aromatic nitrogens is 1. The second-order valence-corrected chi connectivity index (χ2v) is 5.26. The van der Waals surface area contributed by atoms with Gasteiger partial charge in [-0.15, -0.1) is 11.3 Å². The number of Topliss-reactive ketones (excluding diaryl/α,β-unsaturated/α-hetero) is 1. The first-order chi connectivity index (χ1) is 10.9. The fourth-order valence-electron chi connectivity index (χ4n) is 1.56. The van der Waals surface area contributed by atoms with Crippen LogP contribution in [-0.4, -0.2) is 28.6 Å². The lowest BCUT2D eigenvalue weighted by Gasteiger charge is -2.07. The molecule has 2 aromatic rings. The van der Waals surface area contributed by atoms with Crippen molar-refractivity contribution in [3.8, 4) is 0 Å². The number of carbonyl (C=O) groups is 2. The summed E-state index contributed by atoms with van der Waals surface area (Å²) in [5.74, 6) is -2.54. The molecule has 0 saturated carbocycles. The van der Waals surface area contributed by atoms with Crippen molar-refractivity contribution in [2.24, 2.45) is 5.10 Å². The highest BCUT2D eigenvalue weighted by atomic mass is 32.1. The molecule has 120 valence electrons. The van der Waals surface area contributed by atoms with Gasteiger partial charge in [0.15, 0.2) is 0 Å². The standard InChI is InChI=1S/C14H10F3N3O2S/c15-14(16,17)12(21)8-10(11-2-1-7-23-11)19-20-13(22)9-3-5-18-6-4-9/h1-7H,8H2,(H,20,22)/b19-10-. The highest BCUT2D eigenvalue weighted by molar-refractivity contribution is 7.12. The summed E-state index contributed by atoms with van der Waals surface area (Å²) in [5.41, 5.74) is 2.25. The Kier molecular flexibility index (Phi) is 5.22. The molecular weight excluding hydrogens is 331 g/mol. The Balaban J connectivity index is 2.17. The van der Waals surface area contributed by atoms with Crippen LogP contribution in [0.4, 0.5) is 13.2 Å². The summed E-state index contributed by atoms with van der Waals surface area (Å²) in [5, 5.41) is 5.31. The van der Waals surface area contributed by atoms with E-state index in [9.17, 15) is 22.8 Å². The van der Waals surface area contributed by atoms with Crippen LogP contribution in [0.3, 0.4) is 0 Å². The first kappa shape index (κ1) is 16.8. The van der Waals surface area contributed by atoms with Crippen LogP contribution in [0, 0.1) is 0 Å². The Morgan fingerprint density at radius 2 is 1.91 bits per heavy atom. The number of nitrogens with zero attached hydrogens (tertiary/aromatic N) is 2. The summed E-state index contributed by atoms with van der Waals surface area (Å²) < 4.78 is 37.3. The predicted octanol–water partition coefficient (Wildman–Crippen LogP) is 2.80. The normalized spacial score (nSPS) is 12.0. The summed E-state index contributed by atoms with van der Waals surface area (Å²) in [6, 6.07) is 5.98. The third kappa shape index (κ3) is 4.71. The Morgan fingerprint density at radius 1 is 1.22 bits per heavy atom. The molecule has 1 amide bonds. The number of thiophene rings is 1. The predicted molar refractivity (Wildman–Crippen MR) is 78.2 cm³/mol. The molecule has 5 nitrogen and oxygen atoms in total. The molecule has 0 atom stereocenters. The molecule has 0 aliphatic carbocycles. The zero-order chi connectivity index (χ0) is 16.9. The van der Waals surface area contributed by atoms with Crippen LogP contribution in [0.2, 0.25) is 0 Å². The smallest absolute Gasteiger partial charge is 0.289 e. The molecule has 23 heavy (non-hydrogen) atoms. The molecule has 0 fully saturated rings. The van der Waals surface area contributed by atoms with E-state index < -0.39 is 24.3 Å². The number of hydrogen-bond acceptors (Lipinski definition) is 5. The molecule has 0 spiro atoms. The van der Waals surface area contributed by atoms with Crippen LogP contribution >= 0.6 is 11.3 Å². The van der Waals surface area contributed by atoms with Gasteiger partial charge in [-0.1, -0.05) is 6.07 Å². The molecule has 0 unspecified atom stereocenters. The van der Waals surface area contributed by atoms with Crippen molar-refractivity contribution in [3.63, 3.8) is 0 Å². The second kappa shape index (κ2) is 7.14. The van der Waals surface area contributed by atoms with Crippen molar-refractivity contribution in [1.29, 1.82) is 0 Å². The molecule has 0 aliphatic heterocycles. The van der Waals surface area contributed by atoms with Gasteiger partial charge in [-0.2, -0.15) is 18.3 Å². The van der Waals surface area contributed by atoms with Gasteiger partial charge < -0.3 is 0 Å². The average molecular weight is 341 g/mol. The zero-order valence-corrected chi connectivity index (χ0v) is 12.3. The second-order valence-electron chi connectivity index (χ2n) is 4.31. The number of amides is 1. The largest absolute Gasteiger partial charge is 0.450 e. The number of rotatable bonds is 5. The third-order valence-corrected chi connectivity index (χ3v) is 3.60. The van der Waals surface area contributed by atoms with Crippen molar-refractivity contribution in [2.75, 3.05) is 0 Å². The molecule has 0 aliphatic rings. The number of hydrogen-bond donors (Lipinski definition) is 1. The van der Waals surface area contributed by atoms with Crippen molar-refractivity contribution >= 4 is 28.7 Å². The Labute approximate surface area is 132 Å². The molecule has 0 aromatic carbocycles. The summed E-state index contributed by atoms with van der Waals surface area (Å²) >= 11 is 1.12. The lowest BCUT2D eigenvalue weighted by atomic mass is 10.1. The van der Waals surface area contributed by atoms with Gasteiger partial charge in [-0.25, -0.2) is 5.43 Å². The molecule has 2 rings (SSSR count). The van der Waals surface area contributed by atoms with Gasteiger partial charge in [0.05, 0.1) is 17.0 Å². The van der Waals surface area contributed by atoms with Gasteiger partial charge in [0.25, 0.3) is 5.91 Å². The minimum absolute atomic E-state index is 0.148. The van der Waals surface area contributed by atoms with Gasteiger partial charge in [-0.05, 0) is 23.6 Å². The van der Waals surface area contributed by atoms with Gasteiger partial charge in [0.2, 0.25) is 5.78 Å². The van der Waals surface area contributed by atoms with Gasteiger partial charge in [0.1, 0.15) is 0 Å². The van der Waals surface area contributed by atoms with Gasteiger partial charge in [0, 0.05) is 18.0 Å². The van der Waals surface area contributed by atoms with E-state index in [0.29, 0.717) is 4.88 Å². The van der Waals surface area contributed by atoms with Crippen LogP contribution in [0.15, 0.2) is 47.1 Å². The first-order valence-corrected chi connectivity index (χ1v) is 7.16. The molecular formula is C14H10F3N3O2S. The fourth-order valence-corrected chi connectivity index (χ4v) is 2.28. The summed E-state index contributed by atoms with van der Waals surface area (Å²) in [6.07, 6.45) is -3.11. The van der Waals surface area contributed by atoms with Crippen LogP contribution in [0.25, 0.3) is 0 Å². The number of carbonyl (C=O) groups excluding carboxylic acids is 2. The molecule has 0 bridgehead atoms. The molecule has 9 heteroatoms. The molecule has 0 saturated heterocycles. The molecule has 2 aromatic heterocycles. The molecule has 2 heterocycles. The van der Waals surface area contributed by atoms with Gasteiger partial charge >= 0.3 is 6.18 Å². The summed E-state index contributed by atoms with van der Waals surface area (Å²) in [4.78, 5) is 27.1. The quantitative estimate of drug-likeness (QED) is 0.671. The van der Waals surface area contributed by atoms with E-state index in [2.05, 4.69) is 15.5 Å². The number of nitrogens with one attached hydrogen (secondary N) is 1. The minimum Gasteiger partial charge on any atom is -0.289 e. The SMILES string of the molecule is O=C(N/N=C(/CC(=O)C(F)(F)F)c1cccs1)c1ccncc1. The zero-order valence-electron chi connectivity index (χ0n) is 11.5. The number of halogens is 3. The van der Waals surface area contributed by atoms with E-state index in [-0.39, 0.29) is 11.3 Å². The monoisotopic (exact) mass is 341 g/mol. The number of hydrazone groups is 1. The molecule has 0 radical (unpaired) electrons. The highest BCUT2D eigenvalue weighted by Crippen LogP contribution is 2.21. The van der Waals surface area contributed by atoms with E-state index >= 15 is 0 Å². The average Bonchev–Trinajstić information content (AvgIpc) is 3.05.